The molecular weight excluding hydrogens is 332 g/mol. The van der Waals surface area contributed by atoms with Crippen molar-refractivity contribution in [3.05, 3.63) is 65.2 Å². The number of anilines is 1. The quantitative estimate of drug-likeness (QED) is 0.747. The van der Waals surface area contributed by atoms with Crippen molar-refractivity contribution in [1.82, 2.24) is 4.90 Å². The summed E-state index contributed by atoms with van der Waals surface area (Å²) in [4.78, 5) is 17.2. The number of likely N-dealkylation sites (tertiary alicyclic amines) is 1. The second kappa shape index (κ2) is 9.18. The first-order valence-electron chi connectivity index (χ1n) is 10.2. The Hall–Kier alpha value is -2.13. The van der Waals surface area contributed by atoms with Crippen LogP contribution in [-0.2, 0) is 17.6 Å². The number of para-hydroxylation sites is 1. The minimum atomic E-state index is 0.168. The summed E-state index contributed by atoms with van der Waals surface area (Å²) in [7, 11) is 0. The number of hydrogen-bond donors (Lipinski definition) is 0. The van der Waals surface area contributed by atoms with Crippen molar-refractivity contribution in [3.63, 3.8) is 0 Å². The molecule has 3 nitrogen and oxygen atoms in total. The Labute approximate surface area is 164 Å². The van der Waals surface area contributed by atoms with Crippen LogP contribution in [0, 0.1) is 6.92 Å². The summed E-state index contributed by atoms with van der Waals surface area (Å²) in [5.41, 5.74) is 5.03. The number of amides is 1. The molecule has 0 radical (unpaired) electrons. The fourth-order valence-electron chi connectivity index (χ4n) is 4.28. The highest BCUT2D eigenvalue weighted by molar-refractivity contribution is 5.94. The number of carbonyl (C=O) groups is 1. The van der Waals surface area contributed by atoms with E-state index in [1.807, 2.05) is 0 Å². The Morgan fingerprint density at radius 3 is 2.41 bits per heavy atom. The van der Waals surface area contributed by atoms with E-state index < -0.39 is 0 Å². The van der Waals surface area contributed by atoms with Crippen molar-refractivity contribution in [2.75, 3.05) is 24.5 Å². The maximum absolute atomic E-state index is 12.6. The molecule has 0 saturated carbocycles. The lowest BCUT2D eigenvalue weighted by molar-refractivity contribution is -0.117. The van der Waals surface area contributed by atoms with E-state index in [2.05, 4.69) is 72.2 Å². The molecule has 0 N–H and O–H groups in total. The fraction of sp³-hybridized carbons (Fsp3) is 0.458. The van der Waals surface area contributed by atoms with Crippen molar-refractivity contribution < 1.29 is 4.79 Å². The Morgan fingerprint density at radius 2 is 1.78 bits per heavy atom. The lowest BCUT2D eigenvalue weighted by Crippen LogP contribution is -2.47. The van der Waals surface area contributed by atoms with Crippen molar-refractivity contribution >= 4 is 11.6 Å². The number of benzene rings is 2. The van der Waals surface area contributed by atoms with E-state index in [4.69, 9.17) is 0 Å². The van der Waals surface area contributed by atoms with E-state index in [1.165, 1.54) is 16.7 Å². The number of hydrogen-bond acceptors (Lipinski definition) is 2. The summed E-state index contributed by atoms with van der Waals surface area (Å²) in [5.74, 6) is 0.168. The Balaban J connectivity index is 1.65. The van der Waals surface area contributed by atoms with Gasteiger partial charge in [0.1, 0.15) is 0 Å². The summed E-state index contributed by atoms with van der Waals surface area (Å²) in [5, 5.41) is 0. The predicted molar refractivity (Wildman–Crippen MR) is 113 cm³/mol. The van der Waals surface area contributed by atoms with Gasteiger partial charge in [-0.25, -0.2) is 0 Å². The molecule has 3 heteroatoms. The van der Waals surface area contributed by atoms with Gasteiger partial charge in [-0.1, -0.05) is 55.5 Å². The zero-order chi connectivity index (χ0) is 19.2. The highest BCUT2D eigenvalue weighted by atomic mass is 16.2. The van der Waals surface area contributed by atoms with Gasteiger partial charge < -0.3 is 9.80 Å². The van der Waals surface area contributed by atoms with Crippen molar-refractivity contribution in [3.8, 4) is 0 Å². The molecule has 144 valence electrons. The van der Waals surface area contributed by atoms with Gasteiger partial charge in [-0.15, -0.1) is 0 Å². The number of carbonyl (C=O) groups excluding carboxylic acids is 1. The number of nitrogens with zero attached hydrogens (tertiary/aromatic N) is 2. The number of aryl methyl sites for hydroxylation is 2. The Kier molecular flexibility index (Phi) is 6.68. The van der Waals surface area contributed by atoms with E-state index in [9.17, 15) is 4.79 Å². The van der Waals surface area contributed by atoms with Crippen LogP contribution in [0.15, 0.2) is 48.5 Å². The van der Waals surface area contributed by atoms with Crippen LogP contribution in [0.25, 0.3) is 0 Å². The predicted octanol–water partition coefficient (Wildman–Crippen LogP) is 4.62. The number of rotatable bonds is 6. The third kappa shape index (κ3) is 4.78. The third-order valence-electron chi connectivity index (χ3n) is 5.76. The maximum Gasteiger partial charge on any atom is 0.224 e. The average molecular weight is 365 g/mol. The monoisotopic (exact) mass is 364 g/mol. The van der Waals surface area contributed by atoms with Gasteiger partial charge in [0.15, 0.2) is 0 Å². The van der Waals surface area contributed by atoms with Gasteiger partial charge in [-0.05, 0) is 49.3 Å². The van der Waals surface area contributed by atoms with Crippen LogP contribution in [0.1, 0.15) is 43.4 Å². The molecular formula is C24H32N2O. The molecule has 2 aromatic carbocycles. The maximum atomic E-state index is 12.6. The first-order valence-corrected chi connectivity index (χ1v) is 10.2. The largest absolute Gasteiger partial charge is 0.309 e. The minimum absolute atomic E-state index is 0.168. The fourth-order valence-corrected chi connectivity index (χ4v) is 4.28. The van der Waals surface area contributed by atoms with Crippen molar-refractivity contribution in [1.29, 1.82) is 0 Å². The molecule has 0 atom stereocenters. The van der Waals surface area contributed by atoms with E-state index in [0.717, 1.165) is 51.0 Å². The van der Waals surface area contributed by atoms with E-state index in [1.54, 1.807) is 6.92 Å². The van der Waals surface area contributed by atoms with Crippen molar-refractivity contribution in [2.24, 2.45) is 0 Å². The molecule has 3 rings (SSSR count). The zero-order valence-corrected chi connectivity index (χ0v) is 16.9. The van der Waals surface area contributed by atoms with Gasteiger partial charge >= 0.3 is 0 Å². The molecule has 1 heterocycles. The van der Waals surface area contributed by atoms with Crippen LogP contribution < -0.4 is 4.90 Å². The Morgan fingerprint density at radius 1 is 1.07 bits per heavy atom. The molecule has 1 saturated heterocycles. The van der Waals surface area contributed by atoms with E-state index in [-0.39, 0.29) is 5.91 Å². The first kappa shape index (κ1) is 19.6. The molecule has 1 aliphatic heterocycles. The lowest BCUT2D eigenvalue weighted by atomic mass is 9.97. The first-order chi connectivity index (χ1) is 13.1. The summed E-state index contributed by atoms with van der Waals surface area (Å²) >= 11 is 0. The van der Waals surface area contributed by atoms with Crippen LogP contribution in [0.4, 0.5) is 5.69 Å². The highest BCUT2D eigenvalue weighted by Gasteiger charge is 2.29. The SMILES string of the molecule is CCc1cccc(C)c1N(C(C)=O)C1CCN(CCc2ccccc2)CC1. The zero-order valence-electron chi connectivity index (χ0n) is 16.9. The van der Waals surface area contributed by atoms with Gasteiger partial charge in [0.2, 0.25) is 5.91 Å². The Bertz CT molecular complexity index is 748. The van der Waals surface area contributed by atoms with Crippen LogP contribution in [0.3, 0.4) is 0 Å². The second-order valence-electron chi connectivity index (χ2n) is 7.63. The molecule has 0 unspecified atom stereocenters. The molecule has 0 aliphatic carbocycles. The van der Waals surface area contributed by atoms with Crippen LogP contribution in [0.5, 0.6) is 0 Å². The molecule has 2 aromatic rings. The molecule has 0 aromatic heterocycles. The topological polar surface area (TPSA) is 23.6 Å². The smallest absolute Gasteiger partial charge is 0.224 e. The minimum Gasteiger partial charge on any atom is -0.309 e. The summed E-state index contributed by atoms with van der Waals surface area (Å²) in [6.45, 7) is 9.24. The summed E-state index contributed by atoms with van der Waals surface area (Å²) in [6, 6.07) is 17.4. The molecule has 27 heavy (non-hydrogen) atoms. The molecule has 1 fully saturated rings. The van der Waals surface area contributed by atoms with E-state index >= 15 is 0 Å². The van der Waals surface area contributed by atoms with Gasteiger partial charge in [-0.2, -0.15) is 0 Å². The van der Waals surface area contributed by atoms with Gasteiger partial charge in [0.05, 0.1) is 5.69 Å². The van der Waals surface area contributed by atoms with Gasteiger partial charge in [0.25, 0.3) is 0 Å². The highest BCUT2D eigenvalue weighted by Crippen LogP contribution is 2.31. The standard InChI is InChI=1S/C24H32N2O/c1-4-22-12-8-9-19(2)24(22)26(20(3)27)23-14-17-25(18-15-23)16-13-21-10-6-5-7-11-21/h5-12,23H,4,13-18H2,1-3H3. The normalized spacial score (nSPS) is 15.7. The third-order valence-corrected chi connectivity index (χ3v) is 5.76. The van der Waals surface area contributed by atoms with Crippen LogP contribution in [-0.4, -0.2) is 36.5 Å². The number of piperidine rings is 1. The van der Waals surface area contributed by atoms with Crippen LogP contribution in [0.2, 0.25) is 0 Å². The summed E-state index contributed by atoms with van der Waals surface area (Å²) < 4.78 is 0. The second-order valence-corrected chi connectivity index (χ2v) is 7.63. The molecule has 0 spiro atoms. The van der Waals surface area contributed by atoms with Crippen LogP contribution >= 0.6 is 0 Å². The van der Waals surface area contributed by atoms with Gasteiger partial charge in [-0.3, -0.25) is 4.79 Å². The average Bonchev–Trinajstić information content (AvgIpc) is 2.69. The molecule has 1 amide bonds. The van der Waals surface area contributed by atoms with Crippen molar-refractivity contribution in [2.45, 2.75) is 52.5 Å². The summed E-state index contributed by atoms with van der Waals surface area (Å²) in [6.07, 6.45) is 4.15. The van der Waals surface area contributed by atoms with Gasteiger partial charge in [0, 0.05) is 32.6 Å². The molecule has 0 bridgehead atoms. The van der Waals surface area contributed by atoms with E-state index in [0.29, 0.717) is 6.04 Å². The molecule has 1 aliphatic rings. The lowest BCUT2D eigenvalue weighted by Gasteiger charge is -2.39.